The lowest BCUT2D eigenvalue weighted by atomic mass is 10.0. The molecule has 0 aliphatic heterocycles. The highest BCUT2D eigenvalue weighted by Crippen LogP contribution is 2.48. The largest absolute Gasteiger partial charge is 0.425 e. The van der Waals surface area contributed by atoms with Crippen LogP contribution in [0.3, 0.4) is 0 Å². The smallest absolute Gasteiger partial charge is 0.324 e. The summed E-state index contributed by atoms with van der Waals surface area (Å²) in [6, 6.07) is 2.54. The van der Waals surface area contributed by atoms with Gasteiger partial charge in [0.2, 0.25) is 0 Å². The van der Waals surface area contributed by atoms with E-state index in [1.165, 1.54) is 12.1 Å². The van der Waals surface area contributed by atoms with Crippen LogP contribution in [0.1, 0.15) is 16.7 Å². The second-order valence-electron chi connectivity index (χ2n) is 4.84. The van der Waals surface area contributed by atoms with Crippen molar-refractivity contribution in [3.63, 3.8) is 0 Å². The van der Waals surface area contributed by atoms with E-state index in [-0.39, 0.29) is 5.69 Å². The van der Waals surface area contributed by atoms with E-state index in [0.717, 1.165) is 5.56 Å². The molecule has 1 N–H and O–H groups in total. The van der Waals surface area contributed by atoms with Gasteiger partial charge in [-0.25, -0.2) is 0 Å². The van der Waals surface area contributed by atoms with Gasteiger partial charge in [0.15, 0.2) is 0 Å². The Balaban J connectivity index is 3.25. The van der Waals surface area contributed by atoms with Crippen LogP contribution in [0.4, 0.5) is 32.0 Å². The number of anilines is 1. The van der Waals surface area contributed by atoms with Crippen molar-refractivity contribution in [2.75, 3.05) is 5.32 Å². The molecule has 0 radical (unpaired) electrons. The number of alkyl halides is 7. The summed E-state index contributed by atoms with van der Waals surface area (Å²) < 4.78 is 76.0. The highest BCUT2D eigenvalue weighted by Gasteiger charge is 2.75. The standard InChI is InChI=1S/C13H12ClF6NO/c1-6-4-9(5-7(2)8(6)3)21-10(22)11(14,12(15,16)17)13(18,19)20/h4-5H,1-3H3,(H,21,22). The topological polar surface area (TPSA) is 29.1 Å². The minimum absolute atomic E-state index is 0.191. The van der Waals surface area contributed by atoms with Gasteiger partial charge in [-0.15, -0.1) is 0 Å². The minimum atomic E-state index is -5.99. The van der Waals surface area contributed by atoms with Crippen LogP contribution >= 0.6 is 11.6 Å². The Bertz CT molecular complexity index is 556. The fraction of sp³-hybridized carbons (Fsp3) is 0.462. The van der Waals surface area contributed by atoms with Crippen molar-refractivity contribution in [3.8, 4) is 0 Å². The predicted octanol–water partition coefficient (Wildman–Crippen LogP) is 4.65. The van der Waals surface area contributed by atoms with Crippen molar-refractivity contribution >= 4 is 23.2 Å². The molecule has 1 aromatic rings. The molecule has 0 unspecified atom stereocenters. The molecule has 0 aliphatic rings. The van der Waals surface area contributed by atoms with E-state index in [1.54, 1.807) is 26.1 Å². The molecule has 0 aliphatic carbocycles. The number of amides is 1. The van der Waals surface area contributed by atoms with Crippen molar-refractivity contribution in [1.82, 2.24) is 0 Å². The highest BCUT2D eigenvalue weighted by atomic mass is 35.5. The number of benzene rings is 1. The summed E-state index contributed by atoms with van der Waals surface area (Å²) in [7, 11) is 0. The van der Waals surface area contributed by atoms with Gasteiger partial charge in [0.05, 0.1) is 0 Å². The maximum atomic E-state index is 12.7. The third-order valence-corrected chi connectivity index (χ3v) is 3.88. The molecular weight excluding hydrogens is 336 g/mol. The summed E-state index contributed by atoms with van der Waals surface area (Å²) in [5.41, 5.74) is 1.83. The van der Waals surface area contributed by atoms with Crippen LogP contribution in [0.15, 0.2) is 12.1 Å². The summed E-state index contributed by atoms with van der Waals surface area (Å²) >= 11 is 4.64. The van der Waals surface area contributed by atoms with Gasteiger partial charge in [0.1, 0.15) is 0 Å². The first kappa shape index (κ1) is 18.6. The maximum absolute atomic E-state index is 12.7. The first-order valence-corrected chi connectivity index (χ1v) is 6.31. The lowest BCUT2D eigenvalue weighted by molar-refractivity contribution is -0.258. The predicted molar refractivity (Wildman–Crippen MR) is 70.0 cm³/mol. The van der Waals surface area contributed by atoms with Crippen LogP contribution in [-0.4, -0.2) is 23.1 Å². The van der Waals surface area contributed by atoms with Crippen molar-refractivity contribution in [3.05, 3.63) is 28.8 Å². The maximum Gasteiger partial charge on any atom is 0.425 e. The van der Waals surface area contributed by atoms with Crippen LogP contribution in [0.25, 0.3) is 0 Å². The fourth-order valence-electron chi connectivity index (χ4n) is 1.74. The number of carbonyl (C=O) groups excluding carboxylic acids is 1. The lowest BCUT2D eigenvalue weighted by Crippen LogP contribution is -2.60. The monoisotopic (exact) mass is 347 g/mol. The molecule has 0 fully saturated rings. The molecular formula is C13H12ClF6NO. The van der Waals surface area contributed by atoms with Gasteiger partial charge in [-0.3, -0.25) is 4.79 Å². The Labute approximate surface area is 127 Å². The Morgan fingerprint density at radius 2 is 1.32 bits per heavy atom. The average molecular weight is 348 g/mol. The number of hydrogen-bond acceptors (Lipinski definition) is 1. The van der Waals surface area contributed by atoms with E-state index in [2.05, 4.69) is 11.6 Å². The van der Waals surface area contributed by atoms with Crippen molar-refractivity contribution < 1.29 is 31.1 Å². The van der Waals surface area contributed by atoms with E-state index in [9.17, 15) is 31.1 Å². The Hall–Kier alpha value is -1.44. The van der Waals surface area contributed by atoms with Gasteiger partial charge in [-0.2, -0.15) is 26.3 Å². The average Bonchev–Trinajstić information content (AvgIpc) is 2.31. The zero-order valence-electron chi connectivity index (χ0n) is 11.7. The summed E-state index contributed by atoms with van der Waals surface area (Å²) in [5.74, 6) is -2.39. The Morgan fingerprint density at radius 3 is 1.64 bits per heavy atom. The second kappa shape index (κ2) is 5.64. The molecule has 0 atom stereocenters. The molecule has 1 rings (SSSR count). The van der Waals surface area contributed by atoms with Crippen molar-refractivity contribution in [2.24, 2.45) is 0 Å². The summed E-state index contributed by atoms with van der Waals surface area (Å²) in [6.45, 7) is 4.95. The van der Waals surface area contributed by atoms with Gasteiger partial charge < -0.3 is 5.32 Å². The van der Waals surface area contributed by atoms with Gasteiger partial charge in [0, 0.05) is 5.69 Å². The molecule has 22 heavy (non-hydrogen) atoms. The van der Waals surface area contributed by atoms with E-state index < -0.39 is 23.1 Å². The van der Waals surface area contributed by atoms with Crippen molar-refractivity contribution in [1.29, 1.82) is 0 Å². The van der Waals surface area contributed by atoms with Gasteiger partial charge in [-0.05, 0) is 49.6 Å². The molecule has 0 saturated carbocycles. The minimum Gasteiger partial charge on any atom is -0.324 e. The molecule has 0 spiro atoms. The molecule has 1 aromatic carbocycles. The molecule has 0 bridgehead atoms. The summed E-state index contributed by atoms with van der Waals surface area (Å²) in [4.78, 5) is 6.54. The lowest BCUT2D eigenvalue weighted by Gasteiger charge is -2.30. The van der Waals surface area contributed by atoms with Crippen LogP contribution in [-0.2, 0) is 4.79 Å². The first-order chi connectivity index (χ1) is 9.71. The highest BCUT2D eigenvalue weighted by molar-refractivity contribution is 6.38. The Morgan fingerprint density at radius 1 is 0.955 bits per heavy atom. The third-order valence-electron chi connectivity index (χ3n) is 3.28. The first-order valence-electron chi connectivity index (χ1n) is 5.93. The number of carbonyl (C=O) groups is 1. The molecule has 9 heteroatoms. The summed E-state index contributed by atoms with van der Waals surface area (Å²) in [5, 5.41) is 1.59. The molecule has 1 amide bonds. The quantitative estimate of drug-likeness (QED) is 0.612. The number of hydrogen-bond donors (Lipinski definition) is 1. The van der Waals surface area contributed by atoms with Crippen molar-refractivity contribution in [2.45, 2.75) is 38.0 Å². The van der Waals surface area contributed by atoms with E-state index in [1.807, 2.05) is 0 Å². The van der Waals surface area contributed by atoms with Crippen LogP contribution in [0.5, 0.6) is 0 Å². The molecule has 124 valence electrons. The molecule has 2 nitrogen and oxygen atoms in total. The fourth-order valence-corrected chi connectivity index (χ4v) is 1.79. The molecule has 0 saturated heterocycles. The van der Waals surface area contributed by atoms with Gasteiger partial charge >= 0.3 is 17.2 Å². The SMILES string of the molecule is Cc1cc(NC(=O)C(Cl)(C(F)(F)F)C(F)(F)F)cc(C)c1C. The number of aryl methyl sites for hydroxylation is 2. The number of halogens is 7. The van der Waals surface area contributed by atoms with Gasteiger partial charge in [-0.1, -0.05) is 11.6 Å². The van der Waals surface area contributed by atoms with Gasteiger partial charge in [0.25, 0.3) is 5.91 Å². The molecule has 0 heterocycles. The Kier molecular flexibility index (Phi) is 4.77. The van der Waals surface area contributed by atoms with E-state index in [0.29, 0.717) is 11.1 Å². The zero-order chi connectivity index (χ0) is 17.5. The summed E-state index contributed by atoms with van der Waals surface area (Å²) in [6.07, 6.45) is -12.0. The van der Waals surface area contributed by atoms with Crippen LogP contribution in [0, 0.1) is 20.8 Å². The second-order valence-corrected chi connectivity index (χ2v) is 5.41. The molecule has 0 aromatic heterocycles. The van der Waals surface area contributed by atoms with E-state index in [4.69, 9.17) is 0 Å². The van der Waals surface area contributed by atoms with E-state index >= 15 is 0 Å². The number of rotatable bonds is 2. The third kappa shape index (κ3) is 3.16. The zero-order valence-corrected chi connectivity index (χ0v) is 12.5. The van der Waals surface area contributed by atoms with Crippen LogP contribution < -0.4 is 5.32 Å². The normalized spacial score (nSPS) is 13.2. The van der Waals surface area contributed by atoms with Crippen LogP contribution in [0.2, 0.25) is 0 Å². The number of nitrogens with one attached hydrogen (secondary N) is 1.